The van der Waals surface area contributed by atoms with E-state index in [4.69, 9.17) is 5.11 Å². The van der Waals surface area contributed by atoms with E-state index in [1.165, 1.54) is 29.4 Å². The molecule has 8 heteroatoms. The van der Waals surface area contributed by atoms with E-state index in [9.17, 15) is 18.5 Å². The minimum Gasteiger partial charge on any atom is -0.395 e. The van der Waals surface area contributed by atoms with Crippen LogP contribution in [0, 0.1) is 17.0 Å². The topological polar surface area (TPSA) is 101 Å². The summed E-state index contributed by atoms with van der Waals surface area (Å²) in [6.07, 6.45) is 1.25. The molecule has 0 aliphatic rings. The molecule has 0 aliphatic heterocycles. The zero-order chi connectivity index (χ0) is 16.9. The molecule has 0 saturated carbocycles. The van der Waals surface area contributed by atoms with E-state index in [1.807, 2.05) is 13.8 Å². The van der Waals surface area contributed by atoms with E-state index >= 15 is 0 Å². The van der Waals surface area contributed by atoms with Crippen molar-refractivity contribution in [3.8, 4) is 0 Å². The molecule has 0 aliphatic carbocycles. The molecule has 0 atom stereocenters. The van der Waals surface area contributed by atoms with Crippen LogP contribution in [0.25, 0.3) is 0 Å². The average molecular weight is 330 g/mol. The van der Waals surface area contributed by atoms with Crippen LogP contribution in [-0.4, -0.2) is 41.9 Å². The number of hydrogen-bond donors (Lipinski definition) is 1. The van der Waals surface area contributed by atoms with Gasteiger partial charge in [0.2, 0.25) is 10.0 Å². The Labute approximate surface area is 130 Å². The molecule has 0 amide bonds. The Kier molecular flexibility index (Phi) is 6.46. The maximum atomic E-state index is 12.8. The number of rotatable bonds is 8. The Morgan fingerprint density at radius 1 is 1.32 bits per heavy atom. The van der Waals surface area contributed by atoms with Gasteiger partial charge in [-0.25, -0.2) is 8.42 Å². The Morgan fingerprint density at radius 3 is 2.32 bits per heavy atom. The van der Waals surface area contributed by atoms with Gasteiger partial charge in [-0.2, -0.15) is 4.31 Å². The van der Waals surface area contributed by atoms with Crippen molar-refractivity contribution in [3.63, 3.8) is 0 Å². The largest absolute Gasteiger partial charge is 0.395 e. The number of sulfonamides is 1. The van der Waals surface area contributed by atoms with Crippen LogP contribution < -0.4 is 0 Å². The van der Waals surface area contributed by atoms with Gasteiger partial charge >= 0.3 is 0 Å². The predicted molar refractivity (Wildman–Crippen MR) is 83.2 cm³/mol. The first-order valence-electron chi connectivity index (χ1n) is 7.17. The molecule has 1 aromatic carbocycles. The number of aliphatic hydroxyl groups excluding tert-OH is 1. The van der Waals surface area contributed by atoms with Gasteiger partial charge in [0.15, 0.2) is 0 Å². The molecule has 0 fully saturated rings. The van der Waals surface area contributed by atoms with Crippen molar-refractivity contribution in [2.45, 2.75) is 44.6 Å². The maximum absolute atomic E-state index is 12.8. The van der Waals surface area contributed by atoms with Crippen molar-refractivity contribution in [2.75, 3.05) is 13.2 Å². The monoisotopic (exact) mass is 330 g/mol. The van der Waals surface area contributed by atoms with Crippen LogP contribution in [0.15, 0.2) is 23.1 Å². The van der Waals surface area contributed by atoms with Gasteiger partial charge in [-0.15, -0.1) is 0 Å². The van der Waals surface area contributed by atoms with Crippen molar-refractivity contribution < 1.29 is 18.4 Å². The fraction of sp³-hybridized carbons (Fsp3) is 0.571. The molecule has 22 heavy (non-hydrogen) atoms. The molecule has 0 bridgehead atoms. The average Bonchev–Trinajstić information content (AvgIpc) is 2.46. The van der Waals surface area contributed by atoms with Crippen molar-refractivity contribution in [2.24, 2.45) is 0 Å². The lowest BCUT2D eigenvalue weighted by Crippen LogP contribution is -2.41. The highest BCUT2D eigenvalue weighted by atomic mass is 32.2. The lowest BCUT2D eigenvalue weighted by atomic mass is 10.2. The maximum Gasteiger partial charge on any atom is 0.272 e. The van der Waals surface area contributed by atoms with Crippen LogP contribution in [0.5, 0.6) is 0 Å². The van der Waals surface area contributed by atoms with Crippen LogP contribution in [0.2, 0.25) is 0 Å². The molecule has 0 aromatic heterocycles. The van der Waals surface area contributed by atoms with Crippen molar-refractivity contribution in [1.82, 2.24) is 4.31 Å². The fourth-order valence-corrected chi connectivity index (χ4v) is 4.27. The Morgan fingerprint density at radius 2 is 1.91 bits per heavy atom. The van der Waals surface area contributed by atoms with Crippen LogP contribution in [0.1, 0.15) is 32.3 Å². The summed E-state index contributed by atoms with van der Waals surface area (Å²) in [5.41, 5.74) is 0.176. The third kappa shape index (κ3) is 3.82. The molecular weight excluding hydrogens is 308 g/mol. The molecule has 0 unspecified atom stereocenters. The zero-order valence-electron chi connectivity index (χ0n) is 13.0. The molecule has 1 rings (SSSR count). The van der Waals surface area contributed by atoms with Crippen LogP contribution in [0.4, 0.5) is 5.69 Å². The first-order valence-corrected chi connectivity index (χ1v) is 8.61. The van der Waals surface area contributed by atoms with Crippen molar-refractivity contribution in [1.29, 1.82) is 0 Å². The first kappa shape index (κ1) is 18.5. The first-order chi connectivity index (χ1) is 10.3. The van der Waals surface area contributed by atoms with Gasteiger partial charge in [0.1, 0.15) is 0 Å². The summed E-state index contributed by atoms with van der Waals surface area (Å²) in [7, 11) is -3.80. The standard InChI is InChI=1S/C14H22N2O5S/c1-4-12(5-2)15(8-9-17)22(20,21)13-6-7-14(16(18)19)11(3)10-13/h6-7,10,12,17H,4-5,8-9H2,1-3H3. The molecule has 124 valence electrons. The van der Waals surface area contributed by atoms with Crippen molar-refractivity contribution in [3.05, 3.63) is 33.9 Å². The summed E-state index contributed by atoms with van der Waals surface area (Å²) >= 11 is 0. The fourth-order valence-electron chi connectivity index (χ4n) is 2.42. The van der Waals surface area contributed by atoms with E-state index in [0.29, 0.717) is 18.4 Å². The highest BCUT2D eigenvalue weighted by Gasteiger charge is 2.30. The lowest BCUT2D eigenvalue weighted by molar-refractivity contribution is -0.385. The number of hydrogen-bond acceptors (Lipinski definition) is 5. The molecule has 0 saturated heterocycles. The van der Waals surface area contributed by atoms with E-state index in [0.717, 1.165) is 0 Å². The Balaban J connectivity index is 3.31. The van der Waals surface area contributed by atoms with Gasteiger partial charge < -0.3 is 5.11 Å². The molecular formula is C14H22N2O5S. The second-order valence-electron chi connectivity index (χ2n) is 5.02. The Bertz CT molecular complexity index is 626. The number of nitrogens with zero attached hydrogens (tertiary/aromatic N) is 2. The normalized spacial score (nSPS) is 12.1. The van der Waals surface area contributed by atoms with Gasteiger partial charge in [0, 0.05) is 24.2 Å². The third-order valence-electron chi connectivity index (χ3n) is 3.64. The minimum atomic E-state index is -3.80. The predicted octanol–water partition coefficient (Wildman–Crippen LogP) is 2.07. The van der Waals surface area contributed by atoms with Gasteiger partial charge in [0.05, 0.1) is 16.4 Å². The highest BCUT2D eigenvalue weighted by Crippen LogP contribution is 2.26. The van der Waals surface area contributed by atoms with Gasteiger partial charge in [-0.1, -0.05) is 13.8 Å². The number of aryl methyl sites for hydroxylation is 1. The molecule has 7 nitrogen and oxygen atoms in total. The van der Waals surface area contributed by atoms with Gasteiger partial charge in [0.25, 0.3) is 5.69 Å². The molecule has 0 spiro atoms. The highest BCUT2D eigenvalue weighted by molar-refractivity contribution is 7.89. The van der Waals surface area contributed by atoms with E-state index in [2.05, 4.69) is 0 Å². The zero-order valence-corrected chi connectivity index (χ0v) is 13.8. The third-order valence-corrected chi connectivity index (χ3v) is 5.59. The van der Waals surface area contributed by atoms with Crippen molar-refractivity contribution >= 4 is 15.7 Å². The van der Waals surface area contributed by atoms with E-state index in [1.54, 1.807) is 0 Å². The van der Waals surface area contributed by atoms with E-state index < -0.39 is 14.9 Å². The SMILES string of the molecule is CCC(CC)N(CCO)S(=O)(=O)c1ccc([N+](=O)[O-])c(C)c1. The van der Waals surface area contributed by atoms with Crippen LogP contribution in [0.3, 0.4) is 0 Å². The van der Waals surface area contributed by atoms with Crippen LogP contribution in [-0.2, 0) is 10.0 Å². The molecule has 0 heterocycles. The summed E-state index contributed by atoms with van der Waals surface area (Å²) in [5, 5.41) is 20.0. The van der Waals surface area contributed by atoms with E-state index in [-0.39, 0.29) is 29.8 Å². The quantitative estimate of drug-likeness (QED) is 0.581. The summed E-state index contributed by atoms with van der Waals surface area (Å²) in [5.74, 6) is 0. The summed E-state index contributed by atoms with van der Waals surface area (Å²) in [6.45, 7) is 5.00. The number of benzene rings is 1. The summed E-state index contributed by atoms with van der Waals surface area (Å²) in [6, 6.07) is 3.53. The summed E-state index contributed by atoms with van der Waals surface area (Å²) < 4.78 is 26.8. The number of nitro benzene ring substituents is 1. The smallest absolute Gasteiger partial charge is 0.272 e. The van der Waals surface area contributed by atoms with Gasteiger partial charge in [-0.3, -0.25) is 10.1 Å². The summed E-state index contributed by atoms with van der Waals surface area (Å²) in [4.78, 5) is 10.3. The van der Waals surface area contributed by atoms with Gasteiger partial charge in [-0.05, 0) is 31.9 Å². The minimum absolute atomic E-state index is 0.00468. The number of aliphatic hydroxyl groups is 1. The number of nitro groups is 1. The molecule has 1 N–H and O–H groups in total. The second-order valence-corrected chi connectivity index (χ2v) is 6.91. The Hall–Kier alpha value is -1.51. The van der Waals surface area contributed by atoms with Crippen LogP contribution >= 0.6 is 0 Å². The molecule has 1 aromatic rings. The second kappa shape index (κ2) is 7.66. The molecule has 0 radical (unpaired) electrons. The lowest BCUT2D eigenvalue weighted by Gasteiger charge is -2.29.